The Morgan fingerprint density at radius 3 is 2.65 bits per heavy atom. The summed E-state index contributed by atoms with van der Waals surface area (Å²) in [4.78, 5) is 9.60. The van der Waals surface area contributed by atoms with Crippen LogP contribution in [0.25, 0.3) is 0 Å². The van der Waals surface area contributed by atoms with E-state index in [1.807, 2.05) is 0 Å². The monoisotopic (exact) mass is 450 g/mol. The van der Waals surface area contributed by atoms with Crippen molar-refractivity contribution in [3.05, 3.63) is 28.5 Å². The Morgan fingerprint density at radius 2 is 1.94 bits per heavy atom. The lowest BCUT2D eigenvalue weighted by atomic mass is 10.1. The zero-order chi connectivity index (χ0) is 22.2. The zero-order valence-electron chi connectivity index (χ0n) is 18.5. The summed E-state index contributed by atoms with van der Waals surface area (Å²) in [5, 5.41) is 3.81. The minimum absolute atomic E-state index is 0.156. The van der Waals surface area contributed by atoms with Gasteiger partial charge in [-0.3, -0.25) is 0 Å². The van der Waals surface area contributed by atoms with Crippen molar-refractivity contribution in [3.8, 4) is 5.88 Å². The number of sulfonamides is 1. The molecule has 9 nitrogen and oxygen atoms in total. The molecule has 4 rings (SSSR count). The van der Waals surface area contributed by atoms with Crippen LogP contribution in [0.4, 0.5) is 0 Å². The van der Waals surface area contributed by atoms with Crippen molar-refractivity contribution in [2.24, 2.45) is 0 Å². The fourth-order valence-corrected chi connectivity index (χ4v) is 5.94. The molecule has 2 aromatic heterocycles. The van der Waals surface area contributed by atoms with E-state index in [0.29, 0.717) is 49.9 Å². The van der Waals surface area contributed by atoms with Gasteiger partial charge < -0.3 is 14.0 Å². The van der Waals surface area contributed by atoms with Crippen molar-refractivity contribution < 1.29 is 22.4 Å². The van der Waals surface area contributed by atoms with Crippen molar-refractivity contribution >= 4 is 10.0 Å². The zero-order valence-corrected chi connectivity index (χ0v) is 19.4. The highest BCUT2D eigenvalue weighted by atomic mass is 32.2. The van der Waals surface area contributed by atoms with Gasteiger partial charge in [0.15, 0.2) is 5.76 Å². The second kappa shape index (κ2) is 8.84. The van der Waals surface area contributed by atoms with Gasteiger partial charge in [0, 0.05) is 30.9 Å². The lowest BCUT2D eigenvalue weighted by Gasteiger charge is -2.32. The summed E-state index contributed by atoms with van der Waals surface area (Å²) >= 11 is 0. The van der Waals surface area contributed by atoms with Gasteiger partial charge in [-0.2, -0.15) is 9.29 Å². The second-order valence-corrected chi connectivity index (χ2v) is 10.4. The maximum Gasteiger partial charge on any atom is 0.248 e. The number of aromatic nitrogens is 3. The number of hydrogen-bond acceptors (Lipinski definition) is 8. The standard InChI is InChI=1S/C21H30N4O5S/c1-13(2)20-22-18-8-11-28-10-7-17(18)21(23-20)29-16-6-5-9-25(12-16)31(26,27)19-14(3)24-30-15(19)4/h13,16H,5-12H2,1-4H3. The van der Waals surface area contributed by atoms with Gasteiger partial charge in [0.25, 0.3) is 0 Å². The van der Waals surface area contributed by atoms with Crippen LogP contribution in [-0.4, -0.2) is 60.3 Å². The van der Waals surface area contributed by atoms with Gasteiger partial charge in [-0.15, -0.1) is 0 Å². The van der Waals surface area contributed by atoms with Crippen LogP contribution in [0.3, 0.4) is 0 Å². The molecule has 0 bridgehead atoms. The molecule has 0 aliphatic carbocycles. The molecule has 0 N–H and O–H groups in total. The topological polar surface area (TPSA) is 108 Å². The van der Waals surface area contributed by atoms with Crippen molar-refractivity contribution in [2.75, 3.05) is 26.3 Å². The third-order valence-corrected chi connectivity index (χ3v) is 7.86. The number of piperidine rings is 1. The van der Waals surface area contributed by atoms with Crippen LogP contribution in [0.1, 0.15) is 61.1 Å². The molecule has 10 heteroatoms. The van der Waals surface area contributed by atoms with E-state index in [1.165, 1.54) is 4.31 Å². The second-order valence-electron chi connectivity index (χ2n) is 8.48. The quantitative estimate of drug-likeness (QED) is 0.684. The lowest BCUT2D eigenvalue weighted by Crippen LogP contribution is -2.44. The van der Waals surface area contributed by atoms with Crippen molar-refractivity contribution in [3.63, 3.8) is 0 Å². The number of ether oxygens (including phenoxy) is 2. The maximum absolute atomic E-state index is 13.2. The SMILES string of the molecule is Cc1noc(C)c1S(=O)(=O)N1CCCC(Oc2nc(C(C)C)nc3c2CCOCC3)C1. The first-order valence-corrected chi connectivity index (χ1v) is 12.3. The van der Waals surface area contributed by atoms with Crippen molar-refractivity contribution in [1.82, 2.24) is 19.4 Å². The highest BCUT2D eigenvalue weighted by Crippen LogP contribution is 2.30. The summed E-state index contributed by atoms with van der Waals surface area (Å²) in [6, 6.07) is 0. The average Bonchev–Trinajstić information content (AvgIpc) is 2.92. The minimum atomic E-state index is -3.71. The molecule has 0 spiro atoms. The summed E-state index contributed by atoms with van der Waals surface area (Å²) in [6.45, 7) is 9.31. The number of nitrogens with zero attached hydrogens (tertiary/aromatic N) is 4. The van der Waals surface area contributed by atoms with Gasteiger partial charge in [0.1, 0.15) is 22.5 Å². The van der Waals surface area contributed by atoms with Crippen LogP contribution in [0.5, 0.6) is 5.88 Å². The van der Waals surface area contributed by atoms with Crippen molar-refractivity contribution in [1.29, 1.82) is 0 Å². The van der Waals surface area contributed by atoms with Crippen LogP contribution >= 0.6 is 0 Å². The van der Waals surface area contributed by atoms with E-state index in [1.54, 1.807) is 13.8 Å². The fourth-order valence-electron chi connectivity index (χ4n) is 4.13. The van der Waals surface area contributed by atoms with E-state index in [9.17, 15) is 8.42 Å². The Kier molecular flexibility index (Phi) is 6.32. The molecule has 1 atom stereocenters. The van der Waals surface area contributed by atoms with Crippen LogP contribution in [0.2, 0.25) is 0 Å². The smallest absolute Gasteiger partial charge is 0.248 e. The van der Waals surface area contributed by atoms with Crippen molar-refractivity contribution in [2.45, 2.75) is 70.3 Å². The van der Waals surface area contributed by atoms with Crippen LogP contribution in [-0.2, 0) is 27.6 Å². The molecule has 0 saturated carbocycles. The average molecular weight is 451 g/mol. The number of fused-ring (bicyclic) bond motifs is 1. The van der Waals surface area contributed by atoms with E-state index in [-0.39, 0.29) is 23.5 Å². The van der Waals surface area contributed by atoms with Gasteiger partial charge in [0.2, 0.25) is 15.9 Å². The number of aryl methyl sites for hydroxylation is 2. The molecule has 1 unspecified atom stereocenters. The number of rotatable bonds is 5. The molecule has 2 aliphatic rings. The molecular formula is C21H30N4O5S. The first-order valence-electron chi connectivity index (χ1n) is 10.8. The third-order valence-electron chi connectivity index (χ3n) is 5.75. The highest BCUT2D eigenvalue weighted by molar-refractivity contribution is 7.89. The minimum Gasteiger partial charge on any atom is -0.473 e. The summed E-state index contributed by atoms with van der Waals surface area (Å²) < 4.78 is 45.0. The Bertz CT molecular complexity index is 1030. The first-order chi connectivity index (χ1) is 14.8. The molecule has 2 aromatic rings. The van der Waals surface area contributed by atoms with Crippen LogP contribution in [0, 0.1) is 13.8 Å². The molecule has 0 amide bonds. The van der Waals surface area contributed by atoms with Gasteiger partial charge in [-0.1, -0.05) is 19.0 Å². The molecule has 2 aliphatic heterocycles. The van der Waals surface area contributed by atoms with E-state index in [2.05, 4.69) is 19.0 Å². The molecule has 31 heavy (non-hydrogen) atoms. The molecule has 1 fully saturated rings. The van der Waals surface area contributed by atoms with Gasteiger partial charge >= 0.3 is 0 Å². The van der Waals surface area contributed by atoms with Crippen LogP contribution < -0.4 is 4.74 Å². The largest absolute Gasteiger partial charge is 0.473 e. The summed E-state index contributed by atoms with van der Waals surface area (Å²) in [5.74, 6) is 1.79. The lowest BCUT2D eigenvalue weighted by molar-refractivity contribution is 0.121. The predicted octanol–water partition coefficient (Wildman–Crippen LogP) is 2.55. The first kappa shape index (κ1) is 22.2. The van der Waals surface area contributed by atoms with Gasteiger partial charge in [-0.05, 0) is 26.7 Å². The summed E-state index contributed by atoms with van der Waals surface area (Å²) in [5.41, 5.74) is 2.33. The summed E-state index contributed by atoms with van der Waals surface area (Å²) in [7, 11) is -3.71. The van der Waals surface area contributed by atoms with Gasteiger partial charge in [-0.25, -0.2) is 13.4 Å². The molecular weight excluding hydrogens is 420 g/mol. The van der Waals surface area contributed by atoms with E-state index >= 15 is 0 Å². The Labute approximate surface area is 183 Å². The fraction of sp³-hybridized carbons (Fsp3) is 0.667. The molecule has 0 aromatic carbocycles. The highest BCUT2D eigenvalue weighted by Gasteiger charge is 2.35. The molecule has 1 saturated heterocycles. The number of hydrogen-bond donors (Lipinski definition) is 0. The molecule has 170 valence electrons. The van der Waals surface area contributed by atoms with E-state index in [0.717, 1.165) is 29.9 Å². The molecule has 4 heterocycles. The Hall–Kier alpha value is -2.04. The normalized spacial score (nSPS) is 20.5. The third kappa shape index (κ3) is 4.47. The Balaban J connectivity index is 1.60. The molecule has 0 radical (unpaired) electrons. The summed E-state index contributed by atoms with van der Waals surface area (Å²) in [6.07, 6.45) is 2.61. The van der Waals surface area contributed by atoms with E-state index in [4.69, 9.17) is 24.0 Å². The maximum atomic E-state index is 13.2. The van der Waals surface area contributed by atoms with Gasteiger partial charge in [0.05, 0.1) is 25.5 Å². The van der Waals surface area contributed by atoms with Crippen LogP contribution in [0.15, 0.2) is 9.42 Å². The predicted molar refractivity (Wildman–Crippen MR) is 113 cm³/mol. The Morgan fingerprint density at radius 1 is 1.16 bits per heavy atom. The van der Waals surface area contributed by atoms with E-state index < -0.39 is 10.0 Å².